The van der Waals surface area contributed by atoms with Gasteiger partial charge in [-0.15, -0.1) is 0 Å². The smallest absolute Gasteiger partial charge is 0.231 e. The molecule has 0 saturated carbocycles. The van der Waals surface area contributed by atoms with E-state index in [2.05, 4.69) is 87.7 Å². The molecular weight excluding hydrogens is 474 g/mol. The number of nitrogens with zero attached hydrogens (tertiary/aromatic N) is 4. The second kappa shape index (κ2) is 11.5. The van der Waals surface area contributed by atoms with Crippen LogP contribution in [0.15, 0.2) is 36.4 Å². The zero-order valence-electron chi connectivity index (χ0n) is 23.8. The summed E-state index contributed by atoms with van der Waals surface area (Å²) in [4.78, 5) is 26.2. The van der Waals surface area contributed by atoms with Gasteiger partial charge >= 0.3 is 0 Å². The van der Waals surface area contributed by atoms with E-state index in [4.69, 9.17) is 20.4 Å². The van der Waals surface area contributed by atoms with E-state index in [1.165, 1.54) is 5.56 Å². The fourth-order valence-corrected chi connectivity index (χ4v) is 5.26. The second-order valence-electron chi connectivity index (χ2n) is 10.9. The maximum atomic E-state index is 11.5. The number of piperazine rings is 1. The molecule has 38 heavy (non-hydrogen) atoms. The zero-order chi connectivity index (χ0) is 27.6. The van der Waals surface area contributed by atoms with Gasteiger partial charge in [-0.2, -0.15) is 0 Å². The zero-order valence-corrected chi connectivity index (χ0v) is 23.8. The molecule has 4 rings (SSSR count). The van der Waals surface area contributed by atoms with Crippen molar-refractivity contribution in [1.82, 2.24) is 14.9 Å². The third-order valence-corrected chi connectivity index (χ3v) is 7.51. The number of carbonyl (C=O) groups excluding carboxylic acids is 1. The van der Waals surface area contributed by atoms with Crippen LogP contribution < -0.4 is 15.4 Å². The van der Waals surface area contributed by atoms with Gasteiger partial charge in [0.15, 0.2) is 5.82 Å². The van der Waals surface area contributed by atoms with Crippen molar-refractivity contribution < 1.29 is 9.53 Å². The molecule has 202 valence electrons. The molecule has 1 atom stereocenters. The van der Waals surface area contributed by atoms with Gasteiger partial charge in [0.25, 0.3) is 0 Å². The predicted molar refractivity (Wildman–Crippen MR) is 154 cm³/mol. The van der Waals surface area contributed by atoms with Gasteiger partial charge in [-0.3, -0.25) is 9.69 Å². The molecule has 3 aromatic rings. The van der Waals surface area contributed by atoms with E-state index in [-0.39, 0.29) is 18.5 Å². The summed E-state index contributed by atoms with van der Waals surface area (Å²) in [6.07, 6.45) is 0. The van der Waals surface area contributed by atoms with Crippen LogP contribution in [0.4, 0.5) is 5.82 Å². The summed E-state index contributed by atoms with van der Waals surface area (Å²) in [5.74, 6) is 2.65. The van der Waals surface area contributed by atoms with Crippen molar-refractivity contribution in [2.75, 3.05) is 31.1 Å². The Kier molecular flexibility index (Phi) is 8.36. The molecular formula is C31H41N5O2. The minimum absolute atomic E-state index is 0.146. The first-order valence-corrected chi connectivity index (χ1v) is 13.5. The summed E-state index contributed by atoms with van der Waals surface area (Å²) in [5.41, 5.74) is 13.1. The molecule has 2 aromatic carbocycles. The Labute approximate surface area is 227 Å². The monoisotopic (exact) mass is 515 g/mol. The number of rotatable bonds is 8. The van der Waals surface area contributed by atoms with Crippen molar-refractivity contribution in [3.63, 3.8) is 0 Å². The van der Waals surface area contributed by atoms with Crippen LogP contribution in [0.25, 0.3) is 11.4 Å². The lowest BCUT2D eigenvalue weighted by atomic mass is 10.0. The summed E-state index contributed by atoms with van der Waals surface area (Å²) >= 11 is 0. The number of anilines is 1. The van der Waals surface area contributed by atoms with Crippen molar-refractivity contribution in [3.05, 3.63) is 69.9 Å². The van der Waals surface area contributed by atoms with Crippen molar-refractivity contribution in [1.29, 1.82) is 0 Å². The van der Waals surface area contributed by atoms with Gasteiger partial charge in [-0.1, -0.05) is 44.2 Å². The standard InChI is InChI=1S/C31H41N5O2/c1-19(2)25-12-11-20(3)27(15-25)38-18-26-24(7)33-30(29-21(4)9-8-10-22(29)5)34-31(26)36-14-13-35(16-23(36)6)17-28(32)37/h8-12,15,19,23H,13-14,16-18H2,1-7H3,(H2,32,37)/t23-/m0/s1. The largest absolute Gasteiger partial charge is 0.488 e. The average Bonchev–Trinajstić information content (AvgIpc) is 2.83. The van der Waals surface area contributed by atoms with Crippen LogP contribution in [0.5, 0.6) is 5.75 Å². The molecule has 1 fully saturated rings. The van der Waals surface area contributed by atoms with Crippen molar-refractivity contribution in [2.24, 2.45) is 5.73 Å². The average molecular weight is 516 g/mol. The molecule has 1 amide bonds. The number of aromatic nitrogens is 2. The maximum absolute atomic E-state index is 11.5. The van der Waals surface area contributed by atoms with Crippen LogP contribution >= 0.6 is 0 Å². The first-order chi connectivity index (χ1) is 18.0. The van der Waals surface area contributed by atoms with Gasteiger partial charge in [0.1, 0.15) is 18.2 Å². The maximum Gasteiger partial charge on any atom is 0.231 e. The van der Waals surface area contributed by atoms with Crippen molar-refractivity contribution >= 4 is 11.7 Å². The van der Waals surface area contributed by atoms with Crippen LogP contribution in [0.2, 0.25) is 0 Å². The quantitative estimate of drug-likeness (QED) is 0.451. The Hall–Kier alpha value is -3.45. The normalized spacial score (nSPS) is 16.2. The number of aryl methyl sites for hydroxylation is 4. The van der Waals surface area contributed by atoms with E-state index in [9.17, 15) is 4.79 Å². The SMILES string of the molecule is Cc1ccc(C(C)C)cc1OCc1c(C)nc(-c2c(C)cccc2C)nc1N1CCN(CC(N)=O)C[C@@H]1C. The first kappa shape index (κ1) is 27.6. The fraction of sp³-hybridized carbons (Fsp3) is 0.452. The Bertz CT molecular complexity index is 1300. The lowest BCUT2D eigenvalue weighted by Gasteiger charge is -2.41. The molecule has 0 radical (unpaired) electrons. The first-order valence-electron chi connectivity index (χ1n) is 13.5. The number of hydrogen-bond donors (Lipinski definition) is 1. The Balaban J connectivity index is 1.74. The van der Waals surface area contributed by atoms with E-state index >= 15 is 0 Å². The molecule has 1 aromatic heterocycles. The molecule has 0 unspecified atom stereocenters. The highest BCUT2D eigenvalue weighted by atomic mass is 16.5. The van der Waals surface area contributed by atoms with Gasteiger partial charge in [0.2, 0.25) is 5.91 Å². The molecule has 7 heteroatoms. The molecule has 2 N–H and O–H groups in total. The Morgan fingerprint density at radius 1 is 1.05 bits per heavy atom. The van der Waals surface area contributed by atoms with Gasteiger partial charge in [-0.25, -0.2) is 9.97 Å². The number of amides is 1. The third kappa shape index (κ3) is 5.99. The topological polar surface area (TPSA) is 84.6 Å². The summed E-state index contributed by atoms with van der Waals surface area (Å²) in [6, 6.07) is 12.9. The number of benzene rings is 2. The summed E-state index contributed by atoms with van der Waals surface area (Å²) in [6.45, 7) is 17.8. The molecule has 1 aliphatic heterocycles. The lowest BCUT2D eigenvalue weighted by molar-refractivity contribution is -0.119. The summed E-state index contributed by atoms with van der Waals surface area (Å²) in [5, 5.41) is 0. The van der Waals surface area contributed by atoms with Crippen LogP contribution in [0.1, 0.15) is 60.2 Å². The second-order valence-corrected chi connectivity index (χ2v) is 10.9. The Morgan fingerprint density at radius 2 is 1.76 bits per heavy atom. The summed E-state index contributed by atoms with van der Waals surface area (Å²) in [7, 11) is 0. The lowest BCUT2D eigenvalue weighted by Crippen LogP contribution is -2.54. The van der Waals surface area contributed by atoms with E-state index in [1.807, 2.05) is 6.92 Å². The third-order valence-electron chi connectivity index (χ3n) is 7.51. The van der Waals surface area contributed by atoms with Crippen molar-refractivity contribution in [2.45, 2.75) is 67.0 Å². The van der Waals surface area contributed by atoms with Crippen LogP contribution in [-0.4, -0.2) is 53.0 Å². The van der Waals surface area contributed by atoms with Crippen molar-refractivity contribution in [3.8, 4) is 17.1 Å². The van der Waals surface area contributed by atoms with Crippen LogP contribution in [-0.2, 0) is 11.4 Å². The van der Waals surface area contributed by atoms with Gasteiger partial charge in [0.05, 0.1) is 17.8 Å². The van der Waals surface area contributed by atoms with E-state index in [0.717, 1.165) is 70.5 Å². The number of primary amides is 1. The molecule has 1 aliphatic rings. The van der Waals surface area contributed by atoms with E-state index in [1.54, 1.807) is 0 Å². The van der Waals surface area contributed by atoms with Gasteiger partial charge in [0, 0.05) is 31.2 Å². The highest BCUT2D eigenvalue weighted by Gasteiger charge is 2.29. The molecule has 2 heterocycles. The van der Waals surface area contributed by atoms with Crippen LogP contribution in [0.3, 0.4) is 0 Å². The summed E-state index contributed by atoms with van der Waals surface area (Å²) < 4.78 is 6.45. The van der Waals surface area contributed by atoms with Gasteiger partial charge < -0.3 is 15.4 Å². The molecule has 0 aliphatic carbocycles. The minimum Gasteiger partial charge on any atom is -0.488 e. The molecule has 0 bridgehead atoms. The van der Waals surface area contributed by atoms with E-state index < -0.39 is 0 Å². The van der Waals surface area contributed by atoms with E-state index in [0.29, 0.717) is 12.5 Å². The number of hydrogen-bond acceptors (Lipinski definition) is 6. The molecule has 1 saturated heterocycles. The number of ether oxygens (including phenoxy) is 1. The van der Waals surface area contributed by atoms with Crippen LogP contribution in [0, 0.1) is 27.7 Å². The number of carbonyl (C=O) groups is 1. The highest BCUT2D eigenvalue weighted by Crippen LogP contribution is 2.32. The van der Waals surface area contributed by atoms with Gasteiger partial charge in [-0.05, 0) is 68.9 Å². The molecule has 7 nitrogen and oxygen atoms in total. The Morgan fingerprint density at radius 3 is 2.39 bits per heavy atom. The highest BCUT2D eigenvalue weighted by molar-refractivity contribution is 5.76. The number of nitrogens with two attached hydrogens (primary N) is 1. The predicted octanol–water partition coefficient (Wildman–Crippen LogP) is 5.08. The minimum atomic E-state index is -0.297. The fourth-order valence-electron chi connectivity index (χ4n) is 5.26. The molecule has 0 spiro atoms.